The van der Waals surface area contributed by atoms with E-state index in [9.17, 15) is 13.2 Å². The summed E-state index contributed by atoms with van der Waals surface area (Å²) in [4.78, 5) is 24.8. The zero-order chi connectivity index (χ0) is 26.2. The molecule has 2 aromatic carbocycles. The van der Waals surface area contributed by atoms with Gasteiger partial charge in [-0.2, -0.15) is 4.31 Å². The number of aromatic nitrogens is 2. The molecule has 2 aromatic heterocycles. The Balaban J connectivity index is 1.46. The molecule has 1 saturated heterocycles. The van der Waals surface area contributed by atoms with Gasteiger partial charge in [0.25, 0.3) is 5.91 Å². The number of fused-ring (bicyclic) bond motifs is 1. The smallest absolute Gasteiger partial charge is 0.260 e. The monoisotopic (exact) mass is 534 g/mol. The molecule has 0 bridgehead atoms. The maximum Gasteiger partial charge on any atom is 0.260 e. The van der Waals surface area contributed by atoms with Crippen molar-refractivity contribution in [3.05, 3.63) is 83.2 Å². The van der Waals surface area contributed by atoms with E-state index in [1.807, 2.05) is 31.2 Å². The van der Waals surface area contributed by atoms with E-state index in [1.165, 1.54) is 29.0 Å². The Hall–Kier alpha value is -3.14. The summed E-state index contributed by atoms with van der Waals surface area (Å²) in [6.45, 7) is 7.56. The number of nitrogens with zero attached hydrogens (tertiary/aromatic N) is 4. The summed E-state index contributed by atoms with van der Waals surface area (Å²) in [5, 5.41) is 0.579. The van der Waals surface area contributed by atoms with Crippen molar-refractivity contribution in [3.8, 4) is 0 Å². The van der Waals surface area contributed by atoms with Gasteiger partial charge in [0, 0.05) is 24.8 Å². The average molecular weight is 535 g/mol. The van der Waals surface area contributed by atoms with Crippen molar-refractivity contribution in [2.24, 2.45) is 5.92 Å². The summed E-state index contributed by atoms with van der Waals surface area (Å²) >= 11 is 1.46. The van der Waals surface area contributed by atoms with Crippen LogP contribution in [0.1, 0.15) is 46.9 Å². The minimum absolute atomic E-state index is 0.209. The molecule has 0 unspecified atom stereocenters. The fourth-order valence-electron chi connectivity index (χ4n) is 4.46. The number of pyridine rings is 1. The SMILES string of the molecule is Cc1cc2nc(N(Cc3ccccn3)C(=O)c3ccc(S(=O)(=O)N4CCC(C)CC4)cc3)sc2cc1C. The van der Waals surface area contributed by atoms with Gasteiger partial charge in [0.2, 0.25) is 10.0 Å². The first-order valence-electron chi connectivity index (χ1n) is 12.4. The van der Waals surface area contributed by atoms with Gasteiger partial charge < -0.3 is 0 Å². The number of hydrogen-bond donors (Lipinski definition) is 0. The lowest BCUT2D eigenvalue weighted by atomic mass is 10.0. The van der Waals surface area contributed by atoms with Crippen LogP contribution in [0.5, 0.6) is 0 Å². The number of thiazole rings is 1. The van der Waals surface area contributed by atoms with Gasteiger partial charge in [-0.1, -0.05) is 24.3 Å². The van der Waals surface area contributed by atoms with Gasteiger partial charge in [0.1, 0.15) is 0 Å². The van der Waals surface area contributed by atoms with Gasteiger partial charge in [0.05, 0.1) is 27.4 Å². The molecule has 192 valence electrons. The predicted molar refractivity (Wildman–Crippen MR) is 147 cm³/mol. The minimum atomic E-state index is -3.59. The molecule has 0 atom stereocenters. The van der Waals surface area contributed by atoms with Crippen molar-refractivity contribution in [2.45, 2.75) is 45.1 Å². The van der Waals surface area contributed by atoms with Crippen LogP contribution in [-0.2, 0) is 16.6 Å². The van der Waals surface area contributed by atoms with Crippen molar-refractivity contribution in [1.82, 2.24) is 14.3 Å². The third-order valence-electron chi connectivity index (χ3n) is 7.00. The normalized spacial score (nSPS) is 15.2. The fourth-order valence-corrected chi connectivity index (χ4v) is 6.98. The van der Waals surface area contributed by atoms with Gasteiger partial charge in [0.15, 0.2) is 5.13 Å². The number of hydrogen-bond acceptors (Lipinski definition) is 6. The molecule has 3 heterocycles. The summed E-state index contributed by atoms with van der Waals surface area (Å²) < 4.78 is 28.8. The Kier molecular flexibility index (Phi) is 7.11. The molecule has 1 aliphatic heterocycles. The minimum Gasteiger partial charge on any atom is -0.278 e. The van der Waals surface area contributed by atoms with Crippen LogP contribution in [0.4, 0.5) is 5.13 Å². The lowest BCUT2D eigenvalue weighted by molar-refractivity contribution is 0.0984. The highest BCUT2D eigenvalue weighted by Crippen LogP contribution is 2.32. The molecule has 1 aliphatic rings. The van der Waals surface area contributed by atoms with E-state index in [4.69, 9.17) is 4.98 Å². The molecule has 9 heteroatoms. The quantitative estimate of drug-likeness (QED) is 0.323. The van der Waals surface area contributed by atoms with E-state index in [0.29, 0.717) is 29.7 Å². The molecule has 0 spiro atoms. The summed E-state index contributed by atoms with van der Waals surface area (Å²) in [6, 6.07) is 16.0. The highest BCUT2D eigenvalue weighted by Gasteiger charge is 2.29. The number of carbonyl (C=O) groups excluding carboxylic acids is 1. The second-order valence-electron chi connectivity index (χ2n) is 9.72. The number of benzene rings is 2. The van der Waals surface area contributed by atoms with Gasteiger partial charge in [-0.15, -0.1) is 0 Å². The third kappa shape index (κ3) is 5.30. The summed E-state index contributed by atoms with van der Waals surface area (Å²) in [5.41, 5.74) is 4.30. The van der Waals surface area contributed by atoms with E-state index in [0.717, 1.165) is 34.3 Å². The molecular formula is C28H30N4O3S2. The van der Waals surface area contributed by atoms with Crippen molar-refractivity contribution < 1.29 is 13.2 Å². The van der Waals surface area contributed by atoms with Gasteiger partial charge in [-0.05, 0) is 92.3 Å². The van der Waals surface area contributed by atoms with Crippen LogP contribution >= 0.6 is 11.3 Å². The molecule has 0 radical (unpaired) electrons. The number of anilines is 1. The number of rotatable bonds is 6. The first-order chi connectivity index (χ1) is 17.7. The Labute approximate surface area is 221 Å². The van der Waals surface area contributed by atoms with Crippen LogP contribution in [0.2, 0.25) is 0 Å². The second kappa shape index (κ2) is 10.3. The molecule has 7 nitrogen and oxygen atoms in total. The van der Waals surface area contributed by atoms with Crippen LogP contribution in [0.3, 0.4) is 0 Å². The summed E-state index contributed by atoms with van der Waals surface area (Å²) in [7, 11) is -3.59. The van der Waals surface area contributed by atoms with Gasteiger partial charge in [-0.25, -0.2) is 13.4 Å². The average Bonchev–Trinajstić information content (AvgIpc) is 3.30. The lowest BCUT2D eigenvalue weighted by Gasteiger charge is -2.29. The van der Waals surface area contributed by atoms with Crippen LogP contribution in [0.25, 0.3) is 10.2 Å². The van der Waals surface area contributed by atoms with E-state index in [1.54, 1.807) is 27.5 Å². The number of sulfonamides is 1. The third-order valence-corrected chi connectivity index (χ3v) is 9.95. The lowest BCUT2D eigenvalue weighted by Crippen LogP contribution is -2.37. The zero-order valence-corrected chi connectivity index (χ0v) is 22.8. The topological polar surface area (TPSA) is 83.5 Å². The van der Waals surface area contributed by atoms with Crippen molar-refractivity contribution in [1.29, 1.82) is 0 Å². The van der Waals surface area contributed by atoms with Gasteiger partial charge >= 0.3 is 0 Å². The maximum atomic E-state index is 13.8. The molecule has 0 saturated carbocycles. The number of piperidine rings is 1. The summed E-state index contributed by atoms with van der Waals surface area (Å²) in [6.07, 6.45) is 3.42. The van der Waals surface area contributed by atoms with Crippen LogP contribution < -0.4 is 4.90 Å². The summed E-state index contributed by atoms with van der Waals surface area (Å²) in [5.74, 6) is 0.278. The van der Waals surface area contributed by atoms with E-state index in [2.05, 4.69) is 24.9 Å². The van der Waals surface area contributed by atoms with Crippen molar-refractivity contribution >= 4 is 42.6 Å². The first-order valence-corrected chi connectivity index (χ1v) is 14.7. The van der Waals surface area contributed by atoms with Gasteiger partial charge in [-0.3, -0.25) is 14.7 Å². The Morgan fingerprint density at radius 3 is 2.43 bits per heavy atom. The van der Waals surface area contributed by atoms with Crippen LogP contribution in [0, 0.1) is 19.8 Å². The molecule has 37 heavy (non-hydrogen) atoms. The number of amides is 1. The standard InChI is InChI=1S/C28H30N4O3S2/c1-19-11-14-31(15-12-19)37(34,35)24-9-7-22(8-10-24)27(33)32(18-23-6-4-5-13-29-23)28-30-25-16-20(2)21(3)17-26(25)36-28/h4-10,13,16-17,19H,11-12,14-15,18H2,1-3H3. The maximum absolute atomic E-state index is 13.8. The molecule has 5 rings (SSSR count). The van der Waals surface area contributed by atoms with Crippen molar-refractivity contribution in [2.75, 3.05) is 18.0 Å². The molecule has 1 fully saturated rings. The van der Waals surface area contributed by atoms with E-state index in [-0.39, 0.29) is 17.3 Å². The zero-order valence-electron chi connectivity index (χ0n) is 21.2. The van der Waals surface area contributed by atoms with Crippen molar-refractivity contribution in [3.63, 3.8) is 0 Å². The molecular weight excluding hydrogens is 504 g/mol. The Bertz CT molecular complexity index is 1490. The van der Waals surface area contributed by atoms with Crippen LogP contribution in [-0.4, -0.2) is 41.7 Å². The largest absolute Gasteiger partial charge is 0.278 e. The molecule has 0 aliphatic carbocycles. The van der Waals surface area contributed by atoms with Crippen LogP contribution in [0.15, 0.2) is 65.7 Å². The molecule has 4 aromatic rings. The molecule has 0 N–H and O–H groups in total. The highest BCUT2D eigenvalue weighted by molar-refractivity contribution is 7.89. The molecule has 1 amide bonds. The first kappa shape index (κ1) is 25.5. The number of carbonyl (C=O) groups is 1. The number of aryl methyl sites for hydroxylation is 2. The second-order valence-corrected chi connectivity index (χ2v) is 12.7. The Morgan fingerprint density at radius 1 is 1.05 bits per heavy atom. The van der Waals surface area contributed by atoms with E-state index < -0.39 is 10.0 Å². The fraction of sp³-hybridized carbons (Fsp3) is 0.321. The Morgan fingerprint density at radius 2 is 1.76 bits per heavy atom. The van der Waals surface area contributed by atoms with E-state index >= 15 is 0 Å². The predicted octanol–water partition coefficient (Wildman–Crippen LogP) is 5.58. The highest BCUT2D eigenvalue weighted by atomic mass is 32.2.